The molecule has 0 fully saturated rings. The highest BCUT2D eigenvalue weighted by molar-refractivity contribution is 6.31. The van der Waals surface area contributed by atoms with Crippen molar-refractivity contribution in [2.45, 2.75) is 13.1 Å². The van der Waals surface area contributed by atoms with Crippen LogP contribution < -0.4 is 10.2 Å². The fourth-order valence-electron chi connectivity index (χ4n) is 3.41. The Morgan fingerprint density at radius 3 is 2.52 bits per heavy atom. The van der Waals surface area contributed by atoms with E-state index in [1.165, 1.54) is 0 Å². The number of benzene rings is 3. The number of fused-ring (bicyclic) bond motifs is 1. The van der Waals surface area contributed by atoms with Crippen molar-refractivity contribution in [1.82, 2.24) is 9.99 Å². The summed E-state index contributed by atoms with van der Waals surface area (Å²) in [4.78, 5) is 0. The lowest BCUT2D eigenvalue weighted by molar-refractivity contribution is 0.408. The monoisotopic (exact) mass is 403 g/mol. The third-order valence-corrected chi connectivity index (χ3v) is 5.24. The molecule has 0 radical (unpaired) electrons. The second-order valence-corrected chi connectivity index (χ2v) is 7.13. The number of methoxy groups -OCH3 is 1. The number of nitrogens with one attached hydrogen (secondary N) is 1. The number of nitrogens with zero attached hydrogens (tertiary/aromatic N) is 2. The highest BCUT2D eigenvalue weighted by Gasteiger charge is 2.08. The third-order valence-electron chi connectivity index (χ3n) is 4.87. The minimum Gasteiger partial charge on any atom is -0.496 e. The van der Waals surface area contributed by atoms with Crippen LogP contribution in [0.1, 0.15) is 16.7 Å². The lowest BCUT2D eigenvalue weighted by atomic mass is 10.2. The van der Waals surface area contributed by atoms with Crippen molar-refractivity contribution < 1.29 is 4.74 Å². The highest BCUT2D eigenvalue weighted by atomic mass is 35.5. The molecule has 29 heavy (non-hydrogen) atoms. The Bertz CT molecular complexity index is 1150. The number of rotatable bonds is 7. The van der Waals surface area contributed by atoms with E-state index in [2.05, 4.69) is 39.5 Å². The zero-order valence-corrected chi connectivity index (χ0v) is 16.9. The SMILES string of the molecule is COc1ccccc1CN/N=C\c1cn(Cc2ccccc2Cl)c2ccccc12. The van der Waals surface area contributed by atoms with E-state index in [-0.39, 0.29) is 0 Å². The Labute approximate surface area is 175 Å². The van der Waals surface area contributed by atoms with Crippen molar-refractivity contribution in [3.8, 4) is 5.75 Å². The molecule has 4 rings (SSSR count). The predicted molar refractivity (Wildman–Crippen MR) is 120 cm³/mol. The zero-order valence-electron chi connectivity index (χ0n) is 16.2. The Kier molecular flexibility index (Phi) is 5.82. The van der Waals surface area contributed by atoms with Crippen molar-refractivity contribution in [1.29, 1.82) is 0 Å². The van der Waals surface area contributed by atoms with E-state index in [0.29, 0.717) is 13.1 Å². The fraction of sp³-hybridized carbons (Fsp3) is 0.125. The van der Waals surface area contributed by atoms with Gasteiger partial charge in [-0.2, -0.15) is 5.10 Å². The van der Waals surface area contributed by atoms with E-state index in [1.807, 2.05) is 60.8 Å². The number of para-hydroxylation sites is 2. The van der Waals surface area contributed by atoms with Crippen LogP contribution >= 0.6 is 11.6 Å². The largest absolute Gasteiger partial charge is 0.496 e. The maximum absolute atomic E-state index is 6.36. The molecule has 5 heteroatoms. The van der Waals surface area contributed by atoms with Crippen LogP contribution in [0, 0.1) is 0 Å². The van der Waals surface area contributed by atoms with Gasteiger partial charge in [-0.1, -0.05) is 66.2 Å². The summed E-state index contributed by atoms with van der Waals surface area (Å²) in [5.74, 6) is 0.853. The topological polar surface area (TPSA) is 38.5 Å². The quantitative estimate of drug-likeness (QED) is 0.328. The van der Waals surface area contributed by atoms with Crippen molar-refractivity contribution >= 4 is 28.7 Å². The summed E-state index contributed by atoms with van der Waals surface area (Å²) < 4.78 is 7.59. The van der Waals surface area contributed by atoms with Gasteiger partial charge in [0.15, 0.2) is 0 Å². The van der Waals surface area contributed by atoms with Gasteiger partial charge in [-0.05, 0) is 23.8 Å². The lowest BCUT2D eigenvalue weighted by Crippen LogP contribution is -2.06. The first kappa shape index (κ1) is 19.1. The van der Waals surface area contributed by atoms with Crippen LogP contribution in [-0.2, 0) is 13.1 Å². The molecular weight excluding hydrogens is 382 g/mol. The Balaban J connectivity index is 1.55. The molecule has 146 valence electrons. The van der Waals surface area contributed by atoms with E-state index < -0.39 is 0 Å². The first-order valence-electron chi connectivity index (χ1n) is 9.45. The maximum atomic E-state index is 6.36. The second kappa shape index (κ2) is 8.84. The molecule has 0 saturated carbocycles. The average Bonchev–Trinajstić information content (AvgIpc) is 3.11. The second-order valence-electron chi connectivity index (χ2n) is 6.73. The molecule has 4 aromatic rings. The molecule has 0 bridgehead atoms. The van der Waals surface area contributed by atoms with E-state index in [1.54, 1.807) is 7.11 Å². The van der Waals surface area contributed by atoms with E-state index in [4.69, 9.17) is 16.3 Å². The molecule has 0 aliphatic heterocycles. The predicted octanol–water partition coefficient (Wildman–Crippen LogP) is 5.48. The fourth-order valence-corrected chi connectivity index (χ4v) is 3.61. The molecule has 1 N–H and O–H groups in total. The first-order valence-corrected chi connectivity index (χ1v) is 9.83. The van der Waals surface area contributed by atoms with Gasteiger partial charge in [0.1, 0.15) is 5.75 Å². The summed E-state index contributed by atoms with van der Waals surface area (Å²) in [6.45, 7) is 1.31. The molecule has 0 amide bonds. The molecule has 1 heterocycles. The Morgan fingerprint density at radius 2 is 1.69 bits per heavy atom. The van der Waals surface area contributed by atoms with Gasteiger partial charge < -0.3 is 14.7 Å². The highest BCUT2D eigenvalue weighted by Crippen LogP contribution is 2.23. The Hall–Kier alpha value is -3.24. The molecule has 0 aliphatic rings. The van der Waals surface area contributed by atoms with E-state index in [0.717, 1.165) is 38.4 Å². The molecule has 3 aromatic carbocycles. The number of ether oxygens (including phenoxy) is 1. The van der Waals surface area contributed by atoms with Gasteiger partial charge >= 0.3 is 0 Å². The summed E-state index contributed by atoms with van der Waals surface area (Å²) in [6, 6.07) is 24.2. The first-order chi connectivity index (χ1) is 14.3. The number of halogens is 1. The van der Waals surface area contributed by atoms with Crippen LogP contribution in [0.4, 0.5) is 0 Å². The number of hydrazone groups is 1. The Morgan fingerprint density at radius 1 is 0.966 bits per heavy atom. The number of hydrogen-bond donors (Lipinski definition) is 1. The van der Waals surface area contributed by atoms with Crippen molar-refractivity contribution in [2.24, 2.45) is 5.10 Å². The summed E-state index contributed by atoms with van der Waals surface area (Å²) in [6.07, 6.45) is 3.98. The molecular formula is C24H22ClN3O. The van der Waals surface area contributed by atoms with Gasteiger partial charge in [-0.25, -0.2) is 0 Å². The van der Waals surface area contributed by atoms with Gasteiger partial charge in [0.2, 0.25) is 0 Å². The van der Waals surface area contributed by atoms with Crippen LogP contribution in [0.2, 0.25) is 5.02 Å². The minimum atomic E-state index is 0.596. The number of aromatic nitrogens is 1. The molecule has 0 unspecified atom stereocenters. The van der Waals surface area contributed by atoms with Gasteiger partial charge in [0.25, 0.3) is 0 Å². The van der Waals surface area contributed by atoms with Crippen molar-refractivity contribution in [3.05, 3.63) is 101 Å². The minimum absolute atomic E-state index is 0.596. The third kappa shape index (κ3) is 4.28. The molecule has 0 atom stereocenters. The van der Waals surface area contributed by atoms with Crippen LogP contribution in [0.25, 0.3) is 10.9 Å². The summed E-state index contributed by atoms with van der Waals surface area (Å²) >= 11 is 6.36. The molecule has 0 spiro atoms. The summed E-state index contributed by atoms with van der Waals surface area (Å²) in [7, 11) is 1.68. The maximum Gasteiger partial charge on any atom is 0.123 e. The summed E-state index contributed by atoms with van der Waals surface area (Å²) in [5.41, 5.74) is 7.48. The van der Waals surface area contributed by atoms with Gasteiger partial charge in [-0.3, -0.25) is 0 Å². The molecule has 4 nitrogen and oxygen atoms in total. The number of hydrogen-bond acceptors (Lipinski definition) is 3. The summed E-state index contributed by atoms with van der Waals surface area (Å²) in [5, 5.41) is 6.36. The standard InChI is InChI=1S/C24H22ClN3O/c1-29-24-13-7-3-8-18(24)14-26-27-15-20-17-28(23-12-6-4-10-21(20)23)16-19-9-2-5-11-22(19)25/h2-13,15,17,26H,14,16H2,1H3/b27-15-. The van der Waals surface area contributed by atoms with Gasteiger partial charge in [0.05, 0.1) is 19.9 Å². The average molecular weight is 404 g/mol. The van der Waals surface area contributed by atoms with Crippen LogP contribution in [0.5, 0.6) is 5.75 Å². The molecule has 0 saturated heterocycles. The van der Waals surface area contributed by atoms with E-state index in [9.17, 15) is 0 Å². The van der Waals surface area contributed by atoms with Crippen molar-refractivity contribution in [3.63, 3.8) is 0 Å². The zero-order chi connectivity index (χ0) is 20.1. The molecule has 1 aromatic heterocycles. The van der Waals surface area contributed by atoms with Gasteiger partial charge in [0, 0.05) is 39.8 Å². The van der Waals surface area contributed by atoms with Crippen molar-refractivity contribution in [2.75, 3.05) is 7.11 Å². The van der Waals surface area contributed by atoms with Crippen LogP contribution in [-0.4, -0.2) is 17.9 Å². The lowest BCUT2D eigenvalue weighted by Gasteiger charge is -2.07. The molecule has 0 aliphatic carbocycles. The van der Waals surface area contributed by atoms with Crippen LogP contribution in [0.15, 0.2) is 84.1 Å². The van der Waals surface area contributed by atoms with E-state index >= 15 is 0 Å². The normalized spacial score (nSPS) is 11.2. The smallest absolute Gasteiger partial charge is 0.123 e. The van der Waals surface area contributed by atoms with Gasteiger partial charge in [-0.15, -0.1) is 0 Å². The van der Waals surface area contributed by atoms with Crippen LogP contribution in [0.3, 0.4) is 0 Å².